The van der Waals surface area contributed by atoms with Gasteiger partial charge in [-0.05, 0) is 25.8 Å². The molecule has 0 bridgehead atoms. The van der Waals surface area contributed by atoms with Gasteiger partial charge in [-0.1, -0.05) is 11.3 Å². The van der Waals surface area contributed by atoms with Gasteiger partial charge in [-0.2, -0.15) is 0 Å². The van der Waals surface area contributed by atoms with Gasteiger partial charge in [0.25, 0.3) is 0 Å². The standard InChI is InChI=1S/C11H15N3S2/c1-6(2)14-4-3-8-7(5-14)9-10(15-8)13-11(12)16-9/h6H,3-5H2,1-2H3,(H2,12,13). The van der Waals surface area contributed by atoms with E-state index in [9.17, 15) is 0 Å². The van der Waals surface area contributed by atoms with Gasteiger partial charge in [0.15, 0.2) is 5.13 Å². The van der Waals surface area contributed by atoms with Crippen LogP contribution in [0.2, 0.25) is 0 Å². The highest BCUT2D eigenvalue weighted by Crippen LogP contribution is 2.39. The topological polar surface area (TPSA) is 42.2 Å². The van der Waals surface area contributed by atoms with Gasteiger partial charge in [-0.3, -0.25) is 4.90 Å². The summed E-state index contributed by atoms with van der Waals surface area (Å²) in [6.45, 7) is 6.76. The number of nitrogens with zero attached hydrogens (tertiary/aromatic N) is 2. The summed E-state index contributed by atoms with van der Waals surface area (Å²) in [4.78, 5) is 9.56. The van der Waals surface area contributed by atoms with Crippen molar-refractivity contribution in [1.29, 1.82) is 0 Å². The Labute approximate surface area is 103 Å². The Hall–Kier alpha value is -0.650. The number of hydrogen-bond acceptors (Lipinski definition) is 5. The second-order valence-electron chi connectivity index (χ2n) is 4.50. The molecule has 16 heavy (non-hydrogen) atoms. The van der Waals surface area contributed by atoms with Gasteiger partial charge >= 0.3 is 0 Å². The number of anilines is 1. The van der Waals surface area contributed by atoms with Crippen molar-refractivity contribution in [3.8, 4) is 0 Å². The van der Waals surface area contributed by atoms with Crippen LogP contribution in [0.5, 0.6) is 0 Å². The lowest BCUT2D eigenvalue weighted by molar-refractivity contribution is 0.206. The van der Waals surface area contributed by atoms with E-state index in [0.29, 0.717) is 11.2 Å². The lowest BCUT2D eigenvalue weighted by Crippen LogP contribution is -2.35. The van der Waals surface area contributed by atoms with Crippen LogP contribution in [-0.2, 0) is 13.0 Å². The summed E-state index contributed by atoms with van der Waals surface area (Å²) in [7, 11) is 0. The second kappa shape index (κ2) is 3.68. The van der Waals surface area contributed by atoms with Gasteiger partial charge in [0.05, 0.1) is 4.70 Å². The molecule has 0 radical (unpaired) electrons. The van der Waals surface area contributed by atoms with Crippen LogP contribution >= 0.6 is 22.7 Å². The maximum atomic E-state index is 5.76. The molecule has 1 aliphatic heterocycles. The molecular weight excluding hydrogens is 238 g/mol. The largest absolute Gasteiger partial charge is 0.375 e. The second-order valence-corrected chi connectivity index (χ2v) is 6.62. The van der Waals surface area contributed by atoms with E-state index >= 15 is 0 Å². The molecule has 2 aromatic rings. The molecule has 5 heteroatoms. The Morgan fingerprint density at radius 2 is 2.19 bits per heavy atom. The van der Waals surface area contributed by atoms with Crippen LogP contribution in [0, 0.1) is 0 Å². The lowest BCUT2D eigenvalue weighted by atomic mass is 10.1. The molecular formula is C11H15N3S2. The smallest absolute Gasteiger partial charge is 0.181 e. The summed E-state index contributed by atoms with van der Waals surface area (Å²) >= 11 is 3.46. The summed E-state index contributed by atoms with van der Waals surface area (Å²) in [5.41, 5.74) is 7.24. The Balaban J connectivity index is 2.06. The zero-order chi connectivity index (χ0) is 11.3. The lowest BCUT2D eigenvalue weighted by Gasteiger charge is -2.30. The molecule has 0 atom stereocenters. The van der Waals surface area contributed by atoms with Gasteiger partial charge in [-0.15, -0.1) is 11.3 Å². The highest BCUT2D eigenvalue weighted by Gasteiger charge is 2.24. The van der Waals surface area contributed by atoms with E-state index in [1.807, 2.05) is 11.3 Å². The number of nitrogen functional groups attached to an aromatic ring is 1. The van der Waals surface area contributed by atoms with Crippen LogP contribution in [0.1, 0.15) is 24.3 Å². The highest BCUT2D eigenvalue weighted by atomic mass is 32.1. The van der Waals surface area contributed by atoms with Crippen LogP contribution in [0.25, 0.3) is 9.53 Å². The van der Waals surface area contributed by atoms with Crippen molar-refractivity contribution in [2.75, 3.05) is 12.3 Å². The quantitative estimate of drug-likeness (QED) is 0.849. The molecule has 0 unspecified atom stereocenters. The van der Waals surface area contributed by atoms with Crippen molar-refractivity contribution in [2.45, 2.75) is 32.9 Å². The van der Waals surface area contributed by atoms with E-state index < -0.39 is 0 Å². The van der Waals surface area contributed by atoms with Gasteiger partial charge in [0, 0.05) is 24.0 Å². The average Bonchev–Trinajstić information content (AvgIpc) is 2.72. The number of rotatable bonds is 1. The van der Waals surface area contributed by atoms with E-state index in [1.165, 1.54) is 28.1 Å². The number of fused-ring (bicyclic) bond motifs is 3. The third kappa shape index (κ3) is 1.54. The summed E-state index contributed by atoms with van der Waals surface area (Å²) in [5, 5.41) is 0.700. The van der Waals surface area contributed by atoms with Crippen molar-refractivity contribution >= 4 is 37.3 Å². The zero-order valence-electron chi connectivity index (χ0n) is 9.49. The molecule has 0 saturated heterocycles. The van der Waals surface area contributed by atoms with Crippen molar-refractivity contribution in [1.82, 2.24) is 9.88 Å². The van der Waals surface area contributed by atoms with Gasteiger partial charge < -0.3 is 5.73 Å². The van der Waals surface area contributed by atoms with Crippen LogP contribution in [-0.4, -0.2) is 22.5 Å². The highest BCUT2D eigenvalue weighted by molar-refractivity contribution is 7.29. The molecule has 0 spiro atoms. The van der Waals surface area contributed by atoms with Crippen LogP contribution < -0.4 is 5.73 Å². The maximum Gasteiger partial charge on any atom is 0.181 e. The fourth-order valence-electron chi connectivity index (χ4n) is 2.22. The Bertz CT molecular complexity index is 527. The normalized spacial score (nSPS) is 17.2. The molecule has 3 nitrogen and oxygen atoms in total. The summed E-state index contributed by atoms with van der Waals surface area (Å²) in [6, 6.07) is 0.619. The van der Waals surface area contributed by atoms with E-state index in [-0.39, 0.29) is 0 Å². The molecule has 0 amide bonds. The molecule has 1 aliphatic rings. The Morgan fingerprint density at radius 3 is 2.94 bits per heavy atom. The number of nitrogens with two attached hydrogens (primary N) is 1. The van der Waals surface area contributed by atoms with E-state index in [1.54, 1.807) is 11.3 Å². The van der Waals surface area contributed by atoms with E-state index in [0.717, 1.165) is 11.4 Å². The van der Waals surface area contributed by atoms with Crippen LogP contribution in [0.4, 0.5) is 5.13 Å². The van der Waals surface area contributed by atoms with Crippen molar-refractivity contribution in [3.63, 3.8) is 0 Å². The fourth-order valence-corrected chi connectivity index (χ4v) is 4.46. The van der Waals surface area contributed by atoms with Crippen molar-refractivity contribution in [2.24, 2.45) is 0 Å². The minimum absolute atomic E-state index is 0.619. The number of thiophene rings is 1. The minimum atomic E-state index is 0.619. The van der Waals surface area contributed by atoms with E-state index in [4.69, 9.17) is 5.73 Å². The molecule has 0 fully saturated rings. The first-order valence-electron chi connectivity index (χ1n) is 5.55. The van der Waals surface area contributed by atoms with Gasteiger partial charge in [-0.25, -0.2) is 4.98 Å². The number of hydrogen-bond donors (Lipinski definition) is 1. The first-order valence-corrected chi connectivity index (χ1v) is 7.19. The summed E-state index contributed by atoms with van der Waals surface area (Å²) in [6.07, 6.45) is 1.17. The van der Waals surface area contributed by atoms with Crippen molar-refractivity contribution in [3.05, 3.63) is 10.4 Å². The SMILES string of the molecule is CC(C)N1CCc2sc3nc(N)sc3c2C1. The summed E-state index contributed by atoms with van der Waals surface area (Å²) < 4.78 is 1.32. The molecule has 86 valence electrons. The molecule has 2 N–H and O–H groups in total. The Kier molecular flexibility index (Phi) is 2.42. The fraction of sp³-hybridized carbons (Fsp3) is 0.545. The zero-order valence-corrected chi connectivity index (χ0v) is 11.1. The van der Waals surface area contributed by atoms with Crippen LogP contribution in [0.15, 0.2) is 0 Å². The molecule has 2 aromatic heterocycles. The molecule has 3 heterocycles. The maximum absolute atomic E-state index is 5.76. The monoisotopic (exact) mass is 253 g/mol. The third-order valence-corrected chi connectivity index (χ3v) is 5.42. The average molecular weight is 253 g/mol. The third-order valence-electron chi connectivity index (χ3n) is 3.16. The predicted molar refractivity (Wildman–Crippen MR) is 71.2 cm³/mol. The van der Waals surface area contributed by atoms with Gasteiger partial charge in [0.1, 0.15) is 4.83 Å². The summed E-state index contributed by atoms with van der Waals surface area (Å²) in [5.74, 6) is 0. The molecule has 0 aliphatic carbocycles. The number of thiazole rings is 1. The van der Waals surface area contributed by atoms with Crippen molar-refractivity contribution < 1.29 is 0 Å². The minimum Gasteiger partial charge on any atom is -0.375 e. The molecule has 3 rings (SSSR count). The van der Waals surface area contributed by atoms with E-state index in [2.05, 4.69) is 23.7 Å². The van der Waals surface area contributed by atoms with Crippen LogP contribution in [0.3, 0.4) is 0 Å². The van der Waals surface area contributed by atoms with Gasteiger partial charge in [0.2, 0.25) is 0 Å². The molecule has 0 aromatic carbocycles. The Morgan fingerprint density at radius 1 is 1.38 bits per heavy atom. The molecule has 0 saturated carbocycles. The first kappa shape index (κ1) is 10.5. The predicted octanol–water partition coefficient (Wildman–Crippen LogP) is 2.71. The first-order chi connectivity index (χ1) is 7.65. The number of aromatic nitrogens is 1.